The van der Waals surface area contributed by atoms with Crippen LogP contribution in [0.2, 0.25) is 0 Å². The van der Waals surface area contributed by atoms with Crippen LogP contribution in [-0.2, 0) is 9.53 Å². The van der Waals surface area contributed by atoms with E-state index < -0.39 is 28.5 Å². The van der Waals surface area contributed by atoms with Crippen LogP contribution in [0.5, 0.6) is 28.7 Å². The lowest BCUT2D eigenvalue weighted by Crippen LogP contribution is -2.62. The van der Waals surface area contributed by atoms with Crippen LogP contribution >= 0.6 is 0 Å². The van der Waals surface area contributed by atoms with E-state index in [0.717, 1.165) is 5.56 Å². The highest BCUT2D eigenvalue weighted by atomic mass is 16.7. The molecule has 176 valence electrons. The molecule has 0 aromatic heterocycles. The monoisotopic (exact) mass is 460 g/mol. The fourth-order valence-electron chi connectivity index (χ4n) is 5.28. The van der Waals surface area contributed by atoms with Gasteiger partial charge in [0.25, 0.3) is 0 Å². The summed E-state index contributed by atoms with van der Waals surface area (Å²) in [6.45, 7) is -0.203. The molecule has 0 spiro atoms. The highest BCUT2D eigenvalue weighted by Gasteiger charge is 2.61. The van der Waals surface area contributed by atoms with Gasteiger partial charge in [-0.1, -0.05) is 0 Å². The zero-order valence-electron chi connectivity index (χ0n) is 18.6. The van der Waals surface area contributed by atoms with Gasteiger partial charge in [0.05, 0.1) is 27.9 Å². The number of benzene rings is 2. The Labute approximate surface area is 190 Å². The number of fused-ring (bicyclic) bond motifs is 3. The van der Waals surface area contributed by atoms with E-state index in [1.807, 2.05) is 0 Å². The van der Waals surface area contributed by atoms with Gasteiger partial charge >= 0.3 is 5.97 Å². The smallest absolute Gasteiger partial charge is 0.316 e. The van der Waals surface area contributed by atoms with Gasteiger partial charge < -0.3 is 33.5 Å². The van der Waals surface area contributed by atoms with E-state index in [2.05, 4.69) is 0 Å². The Balaban J connectivity index is 1.78. The van der Waals surface area contributed by atoms with Gasteiger partial charge in [-0.15, -0.1) is 4.65 Å². The molecule has 1 saturated heterocycles. The van der Waals surface area contributed by atoms with Crippen LogP contribution in [0.1, 0.15) is 17.0 Å². The van der Waals surface area contributed by atoms with Gasteiger partial charge in [-0.3, -0.25) is 4.79 Å². The van der Waals surface area contributed by atoms with Gasteiger partial charge in [0.15, 0.2) is 34.7 Å². The van der Waals surface area contributed by atoms with Gasteiger partial charge in [0.1, 0.15) is 19.1 Å². The molecular weight excluding hydrogens is 434 g/mol. The Morgan fingerprint density at radius 1 is 1.00 bits per heavy atom. The topological polar surface area (TPSA) is 113 Å². The van der Waals surface area contributed by atoms with Crippen LogP contribution in [-0.4, -0.2) is 70.2 Å². The number of rotatable bonds is 6. The molecule has 0 saturated carbocycles. The Morgan fingerprint density at radius 2 is 1.67 bits per heavy atom. The van der Waals surface area contributed by atoms with E-state index >= 15 is 0 Å². The highest BCUT2D eigenvalue weighted by Crippen LogP contribution is 2.55. The normalized spacial score (nSPS) is 26.9. The van der Waals surface area contributed by atoms with Crippen molar-refractivity contribution in [3.63, 3.8) is 0 Å². The second-order valence-electron chi connectivity index (χ2n) is 8.20. The number of quaternary nitrogens is 1. The van der Waals surface area contributed by atoms with E-state index in [9.17, 15) is 15.1 Å². The molecule has 1 fully saturated rings. The number of carbonyl (C=O) groups excluding carboxylic acids is 1. The molecule has 3 aliphatic heterocycles. The van der Waals surface area contributed by atoms with Crippen LogP contribution in [0.25, 0.3) is 0 Å². The summed E-state index contributed by atoms with van der Waals surface area (Å²) in [4.78, 5) is 13.0. The van der Waals surface area contributed by atoms with E-state index in [1.54, 1.807) is 24.3 Å². The number of hydrogen-bond acceptors (Lipinski definition) is 9. The molecule has 0 radical (unpaired) electrons. The van der Waals surface area contributed by atoms with Gasteiger partial charge in [-0.05, 0) is 23.8 Å². The maximum absolute atomic E-state index is 13.0. The molecule has 0 unspecified atom stereocenters. The molecule has 33 heavy (non-hydrogen) atoms. The van der Waals surface area contributed by atoms with E-state index in [-0.39, 0.29) is 26.6 Å². The van der Waals surface area contributed by atoms with E-state index in [1.165, 1.54) is 21.3 Å². The summed E-state index contributed by atoms with van der Waals surface area (Å²) in [5, 5.41) is 21.5. The minimum absolute atomic E-state index is 0.00751. The predicted molar refractivity (Wildman–Crippen MR) is 114 cm³/mol. The molecule has 3 aliphatic rings. The molecule has 0 bridgehead atoms. The van der Waals surface area contributed by atoms with Crippen molar-refractivity contribution in [1.82, 2.24) is 4.65 Å². The molecule has 2 aromatic rings. The van der Waals surface area contributed by atoms with Crippen molar-refractivity contribution >= 4 is 11.7 Å². The maximum atomic E-state index is 13.0. The first-order chi connectivity index (χ1) is 16.0. The van der Waals surface area contributed by atoms with E-state index in [0.29, 0.717) is 40.0 Å². The predicted octanol–water partition coefficient (Wildman–Crippen LogP) is 1.82. The number of cyclic esters (lactones) is 1. The molecule has 10 nitrogen and oxygen atoms in total. The number of carbonyl (C=O) groups is 1. The molecule has 3 heterocycles. The van der Waals surface area contributed by atoms with Gasteiger partial charge in [0.2, 0.25) is 12.5 Å². The third-order valence-electron chi connectivity index (χ3n) is 6.75. The Bertz CT molecular complexity index is 1080. The fraction of sp³-hybridized carbons (Fsp3) is 0.435. The summed E-state index contributed by atoms with van der Waals surface area (Å²) in [7, 11) is 4.57. The first-order valence-corrected chi connectivity index (χ1v) is 10.6. The highest BCUT2D eigenvalue weighted by molar-refractivity contribution is 5.81. The van der Waals surface area contributed by atoms with Crippen molar-refractivity contribution in [3.05, 3.63) is 35.4 Å². The first kappa shape index (κ1) is 21.6. The average Bonchev–Trinajstić information content (AvgIpc) is 3.44. The third-order valence-corrected chi connectivity index (χ3v) is 6.75. The Kier molecular flexibility index (Phi) is 5.23. The van der Waals surface area contributed by atoms with Crippen molar-refractivity contribution in [2.75, 3.05) is 47.9 Å². The van der Waals surface area contributed by atoms with Crippen molar-refractivity contribution in [2.45, 2.75) is 12.0 Å². The quantitative estimate of drug-likeness (QED) is 0.492. The number of esters is 1. The maximum Gasteiger partial charge on any atom is 0.316 e. The lowest BCUT2D eigenvalue weighted by molar-refractivity contribution is -0.146. The van der Waals surface area contributed by atoms with Crippen LogP contribution in [0.15, 0.2) is 24.3 Å². The summed E-state index contributed by atoms with van der Waals surface area (Å²) in [6, 6.07) is 6.48. The number of nitrogens with zero attached hydrogens (tertiary/aromatic N) is 1. The minimum atomic E-state index is -0.711. The standard InChI is InChI=1S/C23H26NO9/c1-28-18-6-12(7-19(29-2)22(18)30-3)20-13-8-16-17(33-11-32-16)9-14(13)24(27,4-5-25)15-10-31-23(26)21(15)20/h6-9,15,20-21,25,27H,4-5,10-11H2,1-3H3/q+1/t15-,20+,21-,24-/m0/s1. The number of aliphatic hydroxyl groups excluding tert-OH is 1. The van der Waals surface area contributed by atoms with E-state index in [4.69, 9.17) is 28.4 Å². The number of ether oxygens (including phenoxy) is 6. The van der Waals surface area contributed by atoms with Crippen molar-refractivity contribution in [3.8, 4) is 28.7 Å². The second-order valence-corrected chi connectivity index (χ2v) is 8.20. The average molecular weight is 460 g/mol. The minimum Gasteiger partial charge on any atom is -0.493 e. The lowest BCUT2D eigenvalue weighted by atomic mass is 9.73. The van der Waals surface area contributed by atoms with Gasteiger partial charge in [-0.25, -0.2) is 5.21 Å². The molecule has 0 aliphatic carbocycles. The summed E-state index contributed by atoms with van der Waals surface area (Å²) in [5.41, 5.74) is 1.92. The van der Waals surface area contributed by atoms with Crippen LogP contribution < -0.4 is 28.3 Å². The first-order valence-electron chi connectivity index (χ1n) is 10.6. The van der Waals surface area contributed by atoms with Crippen LogP contribution in [0.3, 0.4) is 0 Å². The summed E-state index contributed by atoms with van der Waals surface area (Å²) >= 11 is 0. The SMILES string of the molecule is COc1cc([C@@H]2c3cc4c(cc3[N@@+](O)(CCO)[C@H]3COC(=O)[C@H]23)OCO4)cc(OC)c1OC. The van der Waals surface area contributed by atoms with Gasteiger partial charge in [-0.2, -0.15) is 0 Å². The zero-order valence-corrected chi connectivity index (χ0v) is 18.6. The van der Waals surface area contributed by atoms with Crippen LogP contribution in [0.4, 0.5) is 5.69 Å². The molecule has 4 atom stereocenters. The van der Waals surface area contributed by atoms with Crippen molar-refractivity contribution < 1.29 is 43.5 Å². The van der Waals surface area contributed by atoms with Gasteiger partial charge in [0, 0.05) is 17.5 Å². The molecule has 2 aromatic carbocycles. The molecule has 2 N–H and O–H groups in total. The summed E-state index contributed by atoms with van der Waals surface area (Å²) in [5.74, 6) is 0.713. The number of methoxy groups -OCH3 is 3. The van der Waals surface area contributed by atoms with Crippen molar-refractivity contribution in [2.24, 2.45) is 5.92 Å². The molecular formula is C23H26NO9+. The summed E-state index contributed by atoms with van der Waals surface area (Å²) < 4.78 is 32.5. The molecule has 5 rings (SSSR count). The number of hydrogen-bond donors (Lipinski definition) is 2. The third kappa shape index (κ3) is 3.09. The molecule has 10 heteroatoms. The largest absolute Gasteiger partial charge is 0.493 e. The van der Waals surface area contributed by atoms with Crippen molar-refractivity contribution in [1.29, 1.82) is 0 Å². The Hall–Kier alpha value is -3.21. The number of hydroxylamine groups is 2. The second kappa shape index (κ2) is 7.98. The number of aliphatic hydroxyl groups is 1. The molecule has 0 amide bonds. The van der Waals surface area contributed by atoms with Crippen LogP contribution in [0, 0.1) is 5.92 Å². The zero-order chi connectivity index (χ0) is 23.3. The summed E-state index contributed by atoms with van der Waals surface area (Å²) in [6.07, 6.45) is 0. The Morgan fingerprint density at radius 3 is 2.27 bits per heavy atom. The fourth-order valence-corrected chi connectivity index (χ4v) is 5.28. The lowest BCUT2D eigenvalue weighted by Gasteiger charge is -2.43.